The van der Waals surface area contributed by atoms with E-state index < -0.39 is 0 Å². The fourth-order valence-corrected chi connectivity index (χ4v) is 8.19. The quantitative estimate of drug-likeness (QED) is 0.0484. The lowest BCUT2D eigenvalue weighted by molar-refractivity contribution is -0.145. The van der Waals surface area contributed by atoms with Crippen LogP contribution in [0.15, 0.2) is 6.20 Å². The summed E-state index contributed by atoms with van der Waals surface area (Å²) in [5.41, 5.74) is 1.10. The fraction of sp³-hybridized carbons (Fsp3) is 0.900. The van der Waals surface area contributed by atoms with E-state index in [1.807, 2.05) is 0 Å². The number of unbranched alkanes of at least 4 members (excludes halogenated alkanes) is 23. The molecule has 0 spiro atoms. The molecule has 0 aromatic carbocycles. The summed E-state index contributed by atoms with van der Waals surface area (Å²) in [5, 5.41) is 0. The van der Waals surface area contributed by atoms with Gasteiger partial charge >= 0.3 is 11.9 Å². The Balaban J connectivity index is 2.31. The van der Waals surface area contributed by atoms with E-state index in [9.17, 15) is 9.59 Å². The van der Waals surface area contributed by atoms with Gasteiger partial charge in [0, 0.05) is 25.6 Å². The van der Waals surface area contributed by atoms with Crippen molar-refractivity contribution in [3.05, 3.63) is 17.7 Å². The van der Waals surface area contributed by atoms with E-state index in [0.29, 0.717) is 32.0 Å². The summed E-state index contributed by atoms with van der Waals surface area (Å²) in [7, 11) is 0. The van der Waals surface area contributed by atoms with Gasteiger partial charge in [-0.25, -0.2) is 4.98 Å². The van der Waals surface area contributed by atoms with Crippen molar-refractivity contribution in [2.24, 2.45) is 5.92 Å². The number of aromatic nitrogens is 2. The maximum absolute atomic E-state index is 12.9. The summed E-state index contributed by atoms with van der Waals surface area (Å²) in [6.45, 7) is 16.5. The number of esters is 2. The molecule has 1 aromatic rings. The molecule has 1 aromatic heterocycles. The molecule has 0 atom stereocenters. The molecule has 57 heavy (non-hydrogen) atoms. The van der Waals surface area contributed by atoms with Gasteiger partial charge in [0.1, 0.15) is 5.82 Å². The van der Waals surface area contributed by atoms with Crippen molar-refractivity contribution in [3.8, 4) is 0 Å². The van der Waals surface area contributed by atoms with Gasteiger partial charge in [-0.05, 0) is 90.8 Å². The number of imidazole rings is 1. The van der Waals surface area contributed by atoms with Crippen LogP contribution in [0.2, 0.25) is 0 Å². The molecule has 0 amide bonds. The van der Waals surface area contributed by atoms with E-state index in [2.05, 4.69) is 55.3 Å². The molecule has 334 valence electrons. The first-order chi connectivity index (χ1) is 27.9. The topological polar surface area (TPSA) is 73.7 Å². The van der Waals surface area contributed by atoms with E-state index in [1.165, 1.54) is 161 Å². The van der Waals surface area contributed by atoms with Crippen molar-refractivity contribution >= 4 is 11.9 Å². The Labute approximate surface area is 354 Å². The summed E-state index contributed by atoms with van der Waals surface area (Å²) in [6, 6.07) is 0. The molecule has 0 aliphatic carbocycles. The van der Waals surface area contributed by atoms with Gasteiger partial charge in [0.25, 0.3) is 0 Å². The summed E-state index contributed by atoms with van der Waals surface area (Å²) in [5.74, 6) is 1.62. The van der Waals surface area contributed by atoms with Crippen LogP contribution < -0.4 is 0 Å². The Hall–Kier alpha value is -1.89. The minimum absolute atomic E-state index is 0.0140. The zero-order valence-electron chi connectivity index (χ0n) is 38.7. The third-order valence-electron chi connectivity index (χ3n) is 11.9. The molecule has 7 heteroatoms. The number of aryl methyl sites for hydroxylation is 3. The summed E-state index contributed by atoms with van der Waals surface area (Å²) in [4.78, 5) is 32.2. The minimum atomic E-state index is -0.0140. The number of ether oxygens (including phenoxy) is 2. The molecular weight excluding hydrogens is 707 g/mol. The summed E-state index contributed by atoms with van der Waals surface area (Å²) >= 11 is 0. The predicted octanol–water partition coefficient (Wildman–Crippen LogP) is 14.4. The summed E-state index contributed by atoms with van der Waals surface area (Å²) in [6.07, 6.45) is 41.5. The SMILES string of the molecule is CCCCCCCCCOC(=O)CCCCCCCN(CCCCCCOC(=O)CC(CCCCCCCC)CCCCCCCC)CCCn1cc(C)nc1C. The van der Waals surface area contributed by atoms with Crippen LogP contribution in [0, 0.1) is 19.8 Å². The van der Waals surface area contributed by atoms with Crippen molar-refractivity contribution in [2.45, 2.75) is 253 Å². The molecule has 0 fully saturated rings. The van der Waals surface area contributed by atoms with Crippen LogP contribution in [0.3, 0.4) is 0 Å². The molecule has 0 saturated carbocycles. The van der Waals surface area contributed by atoms with Crippen LogP contribution in [0.4, 0.5) is 0 Å². The molecule has 1 rings (SSSR count). The van der Waals surface area contributed by atoms with E-state index in [0.717, 1.165) is 76.2 Å². The normalized spacial score (nSPS) is 11.6. The van der Waals surface area contributed by atoms with Crippen LogP contribution >= 0.6 is 0 Å². The molecular formula is C50H95N3O4. The zero-order chi connectivity index (χ0) is 41.4. The number of hydrogen-bond acceptors (Lipinski definition) is 6. The number of carbonyl (C=O) groups excluding carboxylic acids is 2. The number of rotatable bonds is 43. The van der Waals surface area contributed by atoms with Gasteiger partial charge in [-0.1, -0.05) is 168 Å². The van der Waals surface area contributed by atoms with Crippen LogP contribution in [0.25, 0.3) is 0 Å². The zero-order valence-corrected chi connectivity index (χ0v) is 38.7. The Morgan fingerprint density at radius 2 is 0.965 bits per heavy atom. The van der Waals surface area contributed by atoms with E-state index in [-0.39, 0.29) is 11.9 Å². The molecule has 0 aliphatic heterocycles. The van der Waals surface area contributed by atoms with E-state index in [1.54, 1.807) is 0 Å². The van der Waals surface area contributed by atoms with Gasteiger partial charge in [0.15, 0.2) is 0 Å². The average Bonchev–Trinajstić information content (AvgIpc) is 3.52. The number of carbonyl (C=O) groups is 2. The second-order valence-electron chi connectivity index (χ2n) is 17.5. The monoisotopic (exact) mass is 802 g/mol. The van der Waals surface area contributed by atoms with Gasteiger partial charge in [0.2, 0.25) is 0 Å². The molecule has 0 bridgehead atoms. The van der Waals surface area contributed by atoms with Gasteiger partial charge in [-0.3, -0.25) is 9.59 Å². The Morgan fingerprint density at radius 1 is 0.544 bits per heavy atom. The lowest BCUT2D eigenvalue weighted by Gasteiger charge is -2.22. The van der Waals surface area contributed by atoms with Crippen LogP contribution in [-0.4, -0.2) is 59.2 Å². The van der Waals surface area contributed by atoms with Crippen molar-refractivity contribution in [1.82, 2.24) is 14.5 Å². The smallest absolute Gasteiger partial charge is 0.306 e. The van der Waals surface area contributed by atoms with Crippen molar-refractivity contribution in [2.75, 3.05) is 32.8 Å². The highest BCUT2D eigenvalue weighted by Crippen LogP contribution is 2.23. The second-order valence-corrected chi connectivity index (χ2v) is 17.5. The fourth-order valence-electron chi connectivity index (χ4n) is 8.19. The third kappa shape index (κ3) is 33.6. The molecule has 7 nitrogen and oxygen atoms in total. The van der Waals surface area contributed by atoms with E-state index in [4.69, 9.17) is 9.47 Å². The second kappa shape index (κ2) is 39.6. The molecule has 0 saturated heterocycles. The Kier molecular flexibility index (Phi) is 36.9. The minimum Gasteiger partial charge on any atom is -0.466 e. The highest BCUT2D eigenvalue weighted by Gasteiger charge is 2.15. The van der Waals surface area contributed by atoms with Crippen molar-refractivity contribution < 1.29 is 19.1 Å². The molecule has 0 radical (unpaired) electrons. The van der Waals surface area contributed by atoms with Gasteiger partial charge < -0.3 is 18.9 Å². The van der Waals surface area contributed by atoms with E-state index >= 15 is 0 Å². The van der Waals surface area contributed by atoms with Gasteiger partial charge in [0.05, 0.1) is 18.9 Å². The molecule has 0 unspecified atom stereocenters. The third-order valence-corrected chi connectivity index (χ3v) is 11.9. The first-order valence-corrected chi connectivity index (χ1v) is 24.9. The lowest BCUT2D eigenvalue weighted by atomic mass is 9.91. The molecule has 0 N–H and O–H groups in total. The van der Waals surface area contributed by atoms with Crippen molar-refractivity contribution in [1.29, 1.82) is 0 Å². The predicted molar refractivity (Wildman–Crippen MR) is 243 cm³/mol. The Bertz CT molecular complexity index is 1030. The summed E-state index contributed by atoms with van der Waals surface area (Å²) < 4.78 is 13.6. The maximum Gasteiger partial charge on any atom is 0.306 e. The largest absolute Gasteiger partial charge is 0.466 e. The highest BCUT2D eigenvalue weighted by molar-refractivity contribution is 5.69. The van der Waals surface area contributed by atoms with Crippen LogP contribution in [0.5, 0.6) is 0 Å². The standard InChI is InChI=1S/C50H95N3O4/c1-6-9-12-15-18-25-32-42-56-49(54)37-29-22-19-23-30-38-52(40-34-41-53-45-46(4)51-47(53)5)39-31-24-26-33-43-57-50(55)44-48(35-27-20-16-13-10-7-2)36-28-21-17-14-11-8-3/h45,48H,6-44H2,1-5H3. The van der Waals surface area contributed by atoms with Crippen molar-refractivity contribution in [3.63, 3.8) is 0 Å². The van der Waals surface area contributed by atoms with Gasteiger partial charge in [-0.2, -0.15) is 0 Å². The van der Waals surface area contributed by atoms with Crippen LogP contribution in [-0.2, 0) is 25.6 Å². The Morgan fingerprint density at radius 3 is 1.46 bits per heavy atom. The van der Waals surface area contributed by atoms with Gasteiger partial charge in [-0.15, -0.1) is 0 Å². The maximum atomic E-state index is 12.9. The molecule has 0 aliphatic rings. The average molecular weight is 802 g/mol. The number of nitrogens with zero attached hydrogens (tertiary/aromatic N) is 3. The first-order valence-electron chi connectivity index (χ1n) is 24.9. The highest BCUT2D eigenvalue weighted by atomic mass is 16.5. The van der Waals surface area contributed by atoms with Crippen LogP contribution in [0.1, 0.15) is 244 Å². The molecule has 1 heterocycles. The first kappa shape index (κ1) is 53.1. The lowest BCUT2D eigenvalue weighted by Crippen LogP contribution is -2.28. The number of hydrogen-bond donors (Lipinski definition) is 0.